The predicted molar refractivity (Wildman–Crippen MR) is 65.0 cm³/mol. The highest BCUT2D eigenvalue weighted by Gasteiger charge is 2.22. The van der Waals surface area contributed by atoms with E-state index < -0.39 is 0 Å². The maximum Gasteiger partial charge on any atom is 0.171 e. The average Bonchev–Trinajstić information content (AvgIpc) is 2.94. The minimum atomic E-state index is 0.589. The Morgan fingerprint density at radius 3 is 2.93 bits per heavy atom. The molecule has 0 bridgehead atoms. The number of anilines is 1. The fraction of sp³-hybridized carbons (Fsp3) is 0.600. The molecule has 2 N–H and O–H groups in total. The van der Waals surface area contributed by atoms with Crippen LogP contribution >= 0.6 is 12.2 Å². The lowest BCUT2D eigenvalue weighted by Crippen LogP contribution is -2.30. The van der Waals surface area contributed by atoms with Crippen LogP contribution < -0.4 is 10.6 Å². The summed E-state index contributed by atoms with van der Waals surface area (Å²) < 4.78 is 1.95. The SMILES string of the molecule is CCn1ncc(NC(=S)NC2CC2)c1C. The molecule has 1 aliphatic carbocycles. The van der Waals surface area contributed by atoms with E-state index >= 15 is 0 Å². The van der Waals surface area contributed by atoms with Crippen molar-refractivity contribution in [1.29, 1.82) is 0 Å². The maximum atomic E-state index is 5.20. The molecular formula is C10H16N4S. The van der Waals surface area contributed by atoms with Gasteiger partial charge >= 0.3 is 0 Å². The summed E-state index contributed by atoms with van der Waals surface area (Å²) in [5.74, 6) is 0. The number of hydrogen-bond donors (Lipinski definition) is 2. The molecule has 1 heterocycles. The molecule has 0 spiro atoms. The van der Waals surface area contributed by atoms with Crippen LogP contribution in [0.4, 0.5) is 5.69 Å². The van der Waals surface area contributed by atoms with Gasteiger partial charge in [-0.2, -0.15) is 5.10 Å². The minimum Gasteiger partial charge on any atom is -0.360 e. The van der Waals surface area contributed by atoms with Crippen molar-refractivity contribution in [1.82, 2.24) is 15.1 Å². The molecule has 0 atom stereocenters. The molecule has 0 radical (unpaired) electrons. The summed E-state index contributed by atoms with van der Waals surface area (Å²) in [5, 5.41) is 11.4. The molecule has 0 saturated heterocycles. The lowest BCUT2D eigenvalue weighted by molar-refractivity contribution is 0.640. The van der Waals surface area contributed by atoms with Gasteiger partial charge in [0.25, 0.3) is 0 Å². The van der Waals surface area contributed by atoms with Crippen LogP contribution in [-0.4, -0.2) is 20.9 Å². The Bertz CT molecular complexity index is 367. The van der Waals surface area contributed by atoms with Crippen molar-refractivity contribution in [3.8, 4) is 0 Å². The largest absolute Gasteiger partial charge is 0.360 e. The van der Waals surface area contributed by atoms with Gasteiger partial charge in [0.15, 0.2) is 5.11 Å². The molecule has 15 heavy (non-hydrogen) atoms. The Hall–Kier alpha value is -1.10. The van der Waals surface area contributed by atoms with Gasteiger partial charge in [0.2, 0.25) is 0 Å². The first-order valence-electron chi connectivity index (χ1n) is 5.30. The van der Waals surface area contributed by atoms with Gasteiger partial charge in [-0.05, 0) is 38.9 Å². The number of aryl methyl sites for hydroxylation is 1. The van der Waals surface area contributed by atoms with Gasteiger partial charge in [0, 0.05) is 12.6 Å². The van der Waals surface area contributed by atoms with Gasteiger partial charge in [-0.25, -0.2) is 0 Å². The highest BCUT2D eigenvalue weighted by molar-refractivity contribution is 7.80. The highest BCUT2D eigenvalue weighted by Crippen LogP contribution is 2.19. The fourth-order valence-corrected chi connectivity index (χ4v) is 1.74. The van der Waals surface area contributed by atoms with Gasteiger partial charge in [-0.15, -0.1) is 0 Å². The summed E-state index contributed by atoms with van der Waals surface area (Å²) in [6, 6.07) is 0.589. The van der Waals surface area contributed by atoms with Crippen molar-refractivity contribution >= 4 is 23.0 Å². The zero-order valence-electron chi connectivity index (χ0n) is 9.08. The smallest absolute Gasteiger partial charge is 0.171 e. The summed E-state index contributed by atoms with van der Waals surface area (Å²) in [4.78, 5) is 0. The van der Waals surface area contributed by atoms with Gasteiger partial charge < -0.3 is 10.6 Å². The number of nitrogens with zero attached hydrogens (tertiary/aromatic N) is 2. The van der Waals surface area contributed by atoms with Crippen LogP contribution in [0.25, 0.3) is 0 Å². The lowest BCUT2D eigenvalue weighted by Gasteiger charge is -2.08. The molecule has 0 aliphatic heterocycles. The Morgan fingerprint density at radius 2 is 2.40 bits per heavy atom. The van der Waals surface area contributed by atoms with Crippen molar-refractivity contribution < 1.29 is 0 Å². The summed E-state index contributed by atoms with van der Waals surface area (Å²) in [6.45, 7) is 5.00. The van der Waals surface area contributed by atoms with Crippen LogP contribution in [-0.2, 0) is 6.54 Å². The van der Waals surface area contributed by atoms with Gasteiger partial charge in [0.05, 0.1) is 17.6 Å². The Labute approximate surface area is 95.0 Å². The quantitative estimate of drug-likeness (QED) is 0.766. The van der Waals surface area contributed by atoms with Crippen LogP contribution in [0.15, 0.2) is 6.20 Å². The summed E-state index contributed by atoms with van der Waals surface area (Å²) >= 11 is 5.20. The first kappa shape index (κ1) is 10.4. The Morgan fingerprint density at radius 1 is 1.67 bits per heavy atom. The summed E-state index contributed by atoms with van der Waals surface area (Å²) in [7, 11) is 0. The van der Waals surface area contributed by atoms with Crippen molar-refractivity contribution in [2.45, 2.75) is 39.3 Å². The van der Waals surface area contributed by atoms with E-state index in [1.54, 1.807) is 0 Å². The van der Waals surface area contributed by atoms with E-state index in [0.717, 1.165) is 17.9 Å². The van der Waals surface area contributed by atoms with E-state index in [0.29, 0.717) is 11.2 Å². The monoisotopic (exact) mass is 224 g/mol. The average molecular weight is 224 g/mol. The molecule has 1 aliphatic rings. The van der Waals surface area contributed by atoms with E-state index in [1.165, 1.54) is 12.8 Å². The molecule has 1 fully saturated rings. The van der Waals surface area contributed by atoms with Crippen molar-refractivity contribution in [3.63, 3.8) is 0 Å². The molecular weight excluding hydrogens is 208 g/mol. The van der Waals surface area contributed by atoms with Crippen LogP contribution in [0, 0.1) is 6.92 Å². The molecule has 82 valence electrons. The number of thiocarbonyl (C=S) groups is 1. The number of hydrogen-bond acceptors (Lipinski definition) is 2. The summed E-state index contributed by atoms with van der Waals surface area (Å²) in [5.41, 5.74) is 2.12. The number of rotatable bonds is 3. The first-order chi connectivity index (χ1) is 7.20. The second kappa shape index (κ2) is 4.18. The lowest BCUT2D eigenvalue weighted by atomic mass is 10.4. The third-order valence-corrected chi connectivity index (χ3v) is 2.78. The van der Waals surface area contributed by atoms with Crippen molar-refractivity contribution in [2.75, 3.05) is 5.32 Å². The molecule has 4 nitrogen and oxygen atoms in total. The molecule has 0 aromatic carbocycles. The van der Waals surface area contributed by atoms with Crippen molar-refractivity contribution in [3.05, 3.63) is 11.9 Å². The zero-order valence-corrected chi connectivity index (χ0v) is 9.90. The van der Waals surface area contributed by atoms with Gasteiger partial charge in [-0.1, -0.05) is 0 Å². The van der Waals surface area contributed by atoms with Crippen molar-refractivity contribution in [2.24, 2.45) is 0 Å². The van der Waals surface area contributed by atoms with E-state index in [9.17, 15) is 0 Å². The van der Waals surface area contributed by atoms with Gasteiger partial charge in [-0.3, -0.25) is 4.68 Å². The number of nitrogens with one attached hydrogen (secondary N) is 2. The number of aromatic nitrogens is 2. The van der Waals surface area contributed by atoms with Gasteiger partial charge in [0.1, 0.15) is 0 Å². The third-order valence-electron chi connectivity index (χ3n) is 2.56. The topological polar surface area (TPSA) is 41.9 Å². The minimum absolute atomic E-state index is 0.589. The molecule has 0 amide bonds. The normalized spacial score (nSPS) is 15.1. The van der Waals surface area contributed by atoms with Crippen LogP contribution in [0.2, 0.25) is 0 Å². The molecule has 5 heteroatoms. The van der Waals surface area contributed by atoms with Crippen LogP contribution in [0.5, 0.6) is 0 Å². The fourth-order valence-electron chi connectivity index (χ4n) is 1.46. The standard InChI is InChI=1S/C10H16N4S/c1-3-14-7(2)9(6-11-14)13-10(15)12-8-4-5-8/h6,8H,3-5H2,1-2H3,(H2,12,13,15). The molecule has 1 saturated carbocycles. The Kier molecular flexibility index (Phi) is 2.90. The summed E-state index contributed by atoms with van der Waals surface area (Å²) in [6.07, 6.45) is 4.28. The van der Waals surface area contributed by atoms with E-state index in [4.69, 9.17) is 12.2 Å². The molecule has 0 unspecified atom stereocenters. The maximum absolute atomic E-state index is 5.20. The van der Waals surface area contributed by atoms with E-state index in [-0.39, 0.29) is 0 Å². The molecule has 1 aromatic rings. The predicted octanol–water partition coefficient (Wildman–Crippen LogP) is 1.66. The highest BCUT2D eigenvalue weighted by atomic mass is 32.1. The van der Waals surface area contributed by atoms with E-state index in [2.05, 4.69) is 22.7 Å². The van der Waals surface area contributed by atoms with Crippen LogP contribution in [0.3, 0.4) is 0 Å². The Balaban J connectivity index is 1.96. The van der Waals surface area contributed by atoms with Crippen LogP contribution in [0.1, 0.15) is 25.5 Å². The third kappa shape index (κ3) is 2.47. The molecule has 1 aromatic heterocycles. The second-order valence-corrected chi connectivity index (χ2v) is 4.24. The molecule has 2 rings (SSSR count). The van der Waals surface area contributed by atoms with E-state index in [1.807, 2.05) is 17.8 Å². The zero-order chi connectivity index (χ0) is 10.8. The second-order valence-electron chi connectivity index (χ2n) is 3.83. The first-order valence-corrected chi connectivity index (χ1v) is 5.71.